The molecule has 2 heterocycles. The van der Waals surface area contributed by atoms with Crippen molar-refractivity contribution in [2.24, 2.45) is 0 Å². The average Bonchev–Trinajstić information content (AvgIpc) is 3.23. The minimum atomic E-state index is -0.327. The summed E-state index contributed by atoms with van der Waals surface area (Å²) in [5, 5.41) is 10.9. The molecule has 6 nitrogen and oxygen atoms in total. The normalized spacial score (nSPS) is 10.9. The fraction of sp³-hybridized carbons (Fsp3) is 0. The third kappa shape index (κ3) is 2.86. The van der Waals surface area contributed by atoms with Crippen molar-refractivity contribution < 1.29 is 9.21 Å². The molecular weight excluding hydrogens is 348 g/mol. The molecule has 2 aromatic carbocycles. The fourth-order valence-corrected chi connectivity index (χ4v) is 3.08. The maximum atomic E-state index is 12.3. The van der Waals surface area contributed by atoms with E-state index >= 15 is 0 Å². The molecule has 1 N–H and O–H groups in total. The molecule has 118 valence electrons. The highest BCUT2D eigenvalue weighted by molar-refractivity contribution is 7.16. The van der Waals surface area contributed by atoms with Crippen LogP contribution in [0.25, 0.3) is 21.7 Å². The fourth-order valence-electron chi connectivity index (χ4n) is 2.18. The quantitative estimate of drug-likeness (QED) is 0.593. The third-order valence-electron chi connectivity index (χ3n) is 3.31. The number of amides is 1. The Morgan fingerprint density at radius 1 is 1.17 bits per heavy atom. The summed E-state index contributed by atoms with van der Waals surface area (Å²) in [7, 11) is 0. The molecule has 1 amide bonds. The summed E-state index contributed by atoms with van der Waals surface area (Å²) >= 11 is 7.41. The summed E-state index contributed by atoms with van der Waals surface area (Å²) in [5.74, 6) is -0.0442. The molecule has 0 saturated heterocycles. The molecule has 4 rings (SSSR count). The lowest BCUT2D eigenvalue weighted by molar-refractivity contribution is 0.102. The van der Waals surface area contributed by atoms with Gasteiger partial charge < -0.3 is 4.42 Å². The molecule has 0 bridgehead atoms. The van der Waals surface area contributed by atoms with Gasteiger partial charge in [-0.3, -0.25) is 10.1 Å². The second-order valence-electron chi connectivity index (χ2n) is 4.91. The van der Waals surface area contributed by atoms with Crippen LogP contribution < -0.4 is 5.32 Å². The standard InChI is InChI=1S/C16H9ClN4O2S/c17-11-3-1-2-10(6-11)15-20-21-16(23-15)19-14(22)9-4-5-12-13(7-9)24-8-18-12/h1-8H,(H,19,21,22). The van der Waals surface area contributed by atoms with Crippen LogP contribution in [0.4, 0.5) is 6.01 Å². The number of benzene rings is 2. The van der Waals surface area contributed by atoms with E-state index in [9.17, 15) is 4.79 Å². The van der Waals surface area contributed by atoms with Crippen LogP contribution in [0.2, 0.25) is 5.02 Å². The zero-order valence-corrected chi connectivity index (χ0v) is 13.6. The van der Waals surface area contributed by atoms with E-state index in [4.69, 9.17) is 16.0 Å². The number of halogens is 1. The van der Waals surface area contributed by atoms with E-state index in [1.807, 2.05) is 0 Å². The van der Waals surface area contributed by atoms with Gasteiger partial charge in [-0.15, -0.1) is 16.4 Å². The smallest absolute Gasteiger partial charge is 0.322 e. The zero-order valence-electron chi connectivity index (χ0n) is 12.1. The number of nitrogens with one attached hydrogen (secondary N) is 1. The van der Waals surface area contributed by atoms with Crippen molar-refractivity contribution >= 4 is 45.1 Å². The first-order valence-corrected chi connectivity index (χ1v) is 8.19. The Bertz CT molecular complexity index is 1040. The SMILES string of the molecule is O=C(Nc1nnc(-c2cccc(Cl)c2)o1)c1ccc2ncsc2c1. The second kappa shape index (κ2) is 6.03. The van der Waals surface area contributed by atoms with Gasteiger partial charge in [0.15, 0.2) is 0 Å². The van der Waals surface area contributed by atoms with E-state index in [0.717, 1.165) is 10.2 Å². The van der Waals surface area contributed by atoms with Crippen molar-refractivity contribution in [1.29, 1.82) is 0 Å². The van der Waals surface area contributed by atoms with Gasteiger partial charge in [-0.1, -0.05) is 22.8 Å². The molecule has 0 fully saturated rings. The number of hydrogen-bond acceptors (Lipinski definition) is 6. The summed E-state index contributed by atoms with van der Waals surface area (Å²) in [6.07, 6.45) is 0. The summed E-state index contributed by atoms with van der Waals surface area (Å²) < 4.78 is 6.40. The van der Waals surface area contributed by atoms with Gasteiger partial charge in [0.2, 0.25) is 5.89 Å². The molecule has 8 heteroatoms. The lowest BCUT2D eigenvalue weighted by Gasteiger charge is -2.00. The second-order valence-corrected chi connectivity index (χ2v) is 6.23. The Morgan fingerprint density at radius 3 is 2.96 bits per heavy atom. The van der Waals surface area contributed by atoms with E-state index in [2.05, 4.69) is 20.5 Å². The zero-order chi connectivity index (χ0) is 16.5. The first-order chi connectivity index (χ1) is 11.7. The van der Waals surface area contributed by atoms with Crippen molar-refractivity contribution in [3.8, 4) is 11.5 Å². The van der Waals surface area contributed by atoms with Crippen LogP contribution in [0.3, 0.4) is 0 Å². The molecule has 0 aliphatic rings. The molecule has 0 radical (unpaired) electrons. The predicted octanol–water partition coefficient (Wildman–Crippen LogP) is 4.25. The van der Waals surface area contributed by atoms with Gasteiger partial charge in [-0.2, -0.15) is 0 Å². The molecule has 0 spiro atoms. The Hall–Kier alpha value is -2.77. The molecule has 4 aromatic rings. The number of anilines is 1. The Morgan fingerprint density at radius 2 is 2.08 bits per heavy atom. The van der Waals surface area contributed by atoms with Crippen molar-refractivity contribution in [3.63, 3.8) is 0 Å². The summed E-state index contributed by atoms with van der Waals surface area (Å²) in [5.41, 5.74) is 3.77. The Labute approximate surface area is 145 Å². The van der Waals surface area contributed by atoms with E-state index in [1.54, 1.807) is 48.0 Å². The topological polar surface area (TPSA) is 80.9 Å². The number of nitrogens with zero attached hydrogens (tertiary/aromatic N) is 3. The Balaban J connectivity index is 1.56. The number of hydrogen-bond donors (Lipinski definition) is 1. The molecule has 0 atom stereocenters. The lowest BCUT2D eigenvalue weighted by Crippen LogP contribution is -2.11. The number of aromatic nitrogens is 3. The molecule has 0 unspecified atom stereocenters. The van der Waals surface area contributed by atoms with Crippen LogP contribution in [-0.2, 0) is 0 Å². The van der Waals surface area contributed by atoms with Crippen LogP contribution >= 0.6 is 22.9 Å². The molecule has 0 saturated carbocycles. The predicted molar refractivity (Wildman–Crippen MR) is 92.3 cm³/mol. The molecule has 24 heavy (non-hydrogen) atoms. The van der Waals surface area contributed by atoms with Crippen LogP contribution in [0.5, 0.6) is 0 Å². The van der Waals surface area contributed by atoms with Gasteiger partial charge in [-0.25, -0.2) is 4.98 Å². The van der Waals surface area contributed by atoms with Gasteiger partial charge in [0.1, 0.15) is 0 Å². The molecule has 0 aliphatic carbocycles. The number of rotatable bonds is 3. The maximum absolute atomic E-state index is 12.3. The highest BCUT2D eigenvalue weighted by Crippen LogP contribution is 2.23. The molecule has 0 aliphatic heterocycles. The molecule has 2 aromatic heterocycles. The number of carbonyl (C=O) groups is 1. The van der Waals surface area contributed by atoms with Crippen molar-refractivity contribution in [3.05, 3.63) is 58.6 Å². The van der Waals surface area contributed by atoms with E-state index in [-0.39, 0.29) is 17.8 Å². The minimum Gasteiger partial charge on any atom is -0.403 e. The first kappa shape index (κ1) is 14.8. The summed E-state index contributed by atoms with van der Waals surface area (Å²) in [6.45, 7) is 0. The molecular formula is C16H9ClN4O2S. The van der Waals surface area contributed by atoms with Gasteiger partial charge in [0.05, 0.1) is 15.7 Å². The van der Waals surface area contributed by atoms with E-state index in [0.29, 0.717) is 16.1 Å². The van der Waals surface area contributed by atoms with Gasteiger partial charge >= 0.3 is 6.01 Å². The Kier molecular flexibility index (Phi) is 3.72. The third-order valence-corrected chi connectivity index (χ3v) is 4.34. The van der Waals surface area contributed by atoms with Crippen molar-refractivity contribution in [2.45, 2.75) is 0 Å². The summed E-state index contributed by atoms with van der Waals surface area (Å²) in [6, 6.07) is 12.3. The van der Waals surface area contributed by atoms with Gasteiger partial charge in [-0.05, 0) is 36.4 Å². The van der Waals surface area contributed by atoms with Gasteiger partial charge in [0, 0.05) is 16.1 Å². The van der Waals surface area contributed by atoms with Crippen LogP contribution in [-0.4, -0.2) is 21.1 Å². The van der Waals surface area contributed by atoms with Crippen molar-refractivity contribution in [2.75, 3.05) is 5.32 Å². The minimum absolute atomic E-state index is 0.0272. The van der Waals surface area contributed by atoms with Crippen LogP contribution in [0.1, 0.15) is 10.4 Å². The maximum Gasteiger partial charge on any atom is 0.322 e. The first-order valence-electron chi connectivity index (χ1n) is 6.93. The van der Waals surface area contributed by atoms with E-state index in [1.165, 1.54) is 11.3 Å². The van der Waals surface area contributed by atoms with Crippen LogP contribution in [0, 0.1) is 0 Å². The monoisotopic (exact) mass is 356 g/mol. The number of carbonyl (C=O) groups excluding carboxylic acids is 1. The number of fused-ring (bicyclic) bond motifs is 1. The van der Waals surface area contributed by atoms with Gasteiger partial charge in [0.25, 0.3) is 5.91 Å². The van der Waals surface area contributed by atoms with Crippen LogP contribution in [0.15, 0.2) is 52.4 Å². The largest absolute Gasteiger partial charge is 0.403 e. The lowest BCUT2D eigenvalue weighted by atomic mass is 10.2. The van der Waals surface area contributed by atoms with Crippen molar-refractivity contribution in [1.82, 2.24) is 15.2 Å². The summed E-state index contributed by atoms with van der Waals surface area (Å²) in [4.78, 5) is 16.5. The highest BCUT2D eigenvalue weighted by atomic mass is 35.5. The average molecular weight is 357 g/mol. The number of thiazole rings is 1. The van der Waals surface area contributed by atoms with E-state index < -0.39 is 0 Å². The highest BCUT2D eigenvalue weighted by Gasteiger charge is 2.13.